The molecule has 0 unspecified atom stereocenters. The average molecular weight is 459 g/mol. The fraction of sp³-hybridized carbons (Fsp3) is 0.421. The number of thiazole rings is 1. The van der Waals surface area contributed by atoms with Crippen molar-refractivity contribution in [2.24, 2.45) is 0 Å². The van der Waals surface area contributed by atoms with E-state index in [1.165, 1.54) is 11.3 Å². The van der Waals surface area contributed by atoms with Gasteiger partial charge in [0.25, 0.3) is 5.91 Å². The fourth-order valence-corrected chi connectivity index (χ4v) is 3.48. The van der Waals surface area contributed by atoms with Crippen LogP contribution in [0.5, 0.6) is 0 Å². The number of aromatic nitrogens is 1. The van der Waals surface area contributed by atoms with Crippen molar-refractivity contribution >= 4 is 57.2 Å². The van der Waals surface area contributed by atoms with Crippen LogP contribution in [0.1, 0.15) is 30.8 Å². The predicted octanol–water partition coefficient (Wildman–Crippen LogP) is 4.20. The van der Waals surface area contributed by atoms with Crippen molar-refractivity contribution in [3.63, 3.8) is 0 Å². The third-order valence-electron chi connectivity index (χ3n) is 3.80. The van der Waals surface area contributed by atoms with E-state index in [0.717, 1.165) is 0 Å². The second kappa shape index (κ2) is 11.3. The minimum atomic E-state index is -0.263. The smallest absolute Gasteiger partial charge is 0.273 e. The topological polar surface area (TPSA) is 83.6 Å². The van der Waals surface area contributed by atoms with Gasteiger partial charge in [-0.1, -0.05) is 23.2 Å². The Kier molecular flexibility index (Phi) is 9.16. The van der Waals surface area contributed by atoms with Crippen LogP contribution in [0.2, 0.25) is 10.0 Å². The lowest BCUT2D eigenvalue weighted by Gasteiger charge is -2.21. The van der Waals surface area contributed by atoms with Gasteiger partial charge in [0.1, 0.15) is 5.69 Å². The van der Waals surface area contributed by atoms with Gasteiger partial charge in [0, 0.05) is 43.1 Å². The maximum absolute atomic E-state index is 12.9. The maximum Gasteiger partial charge on any atom is 0.273 e. The molecule has 1 aromatic carbocycles. The molecule has 2 rings (SSSR count). The summed E-state index contributed by atoms with van der Waals surface area (Å²) in [6.45, 7) is 4.79. The van der Waals surface area contributed by atoms with Gasteiger partial charge in [0.2, 0.25) is 5.91 Å². The van der Waals surface area contributed by atoms with Crippen LogP contribution in [0, 0.1) is 0 Å². The number of hydrogen-bond donors (Lipinski definition) is 2. The van der Waals surface area contributed by atoms with E-state index in [-0.39, 0.29) is 36.5 Å². The first-order valence-electron chi connectivity index (χ1n) is 9.05. The number of nitrogens with zero attached hydrogens (tertiary/aromatic N) is 2. The van der Waals surface area contributed by atoms with Gasteiger partial charge in [-0.25, -0.2) is 4.98 Å². The molecule has 0 aliphatic rings. The first-order chi connectivity index (χ1) is 13.8. The van der Waals surface area contributed by atoms with Crippen molar-refractivity contribution in [2.75, 3.05) is 32.1 Å². The van der Waals surface area contributed by atoms with Gasteiger partial charge in [-0.2, -0.15) is 0 Å². The Morgan fingerprint density at radius 2 is 2.03 bits per heavy atom. The molecule has 0 radical (unpaired) electrons. The highest BCUT2D eigenvalue weighted by Gasteiger charge is 2.20. The molecule has 2 aromatic rings. The number of halogens is 2. The number of methoxy groups -OCH3 is 1. The summed E-state index contributed by atoms with van der Waals surface area (Å²) in [5.41, 5.74) is 0.894. The number of nitrogens with one attached hydrogen (secondary N) is 2. The molecule has 0 atom stereocenters. The molecule has 158 valence electrons. The highest BCUT2D eigenvalue weighted by atomic mass is 35.5. The zero-order chi connectivity index (χ0) is 21.4. The zero-order valence-corrected chi connectivity index (χ0v) is 18.8. The Hall–Kier alpha value is -1.87. The lowest BCUT2D eigenvalue weighted by Crippen LogP contribution is -2.38. The molecule has 0 aliphatic carbocycles. The summed E-state index contributed by atoms with van der Waals surface area (Å²) in [7, 11) is 1.56. The van der Waals surface area contributed by atoms with Crippen LogP contribution in [-0.2, 0) is 9.53 Å². The van der Waals surface area contributed by atoms with Crippen LogP contribution in [0.15, 0.2) is 23.6 Å². The second-order valence-corrected chi connectivity index (χ2v) is 8.25. The highest BCUT2D eigenvalue weighted by Crippen LogP contribution is 2.29. The summed E-state index contributed by atoms with van der Waals surface area (Å²) >= 11 is 13.4. The Balaban J connectivity index is 2.06. The summed E-state index contributed by atoms with van der Waals surface area (Å²) in [5, 5.41) is 9.11. The van der Waals surface area contributed by atoms with E-state index in [9.17, 15) is 9.59 Å². The van der Waals surface area contributed by atoms with Crippen molar-refractivity contribution in [1.82, 2.24) is 15.2 Å². The SMILES string of the molecule is COCCN(CCC(=O)NC(C)C)C(=O)c1csc(Nc2cc(Cl)ccc2Cl)n1. The van der Waals surface area contributed by atoms with Crippen LogP contribution in [0.4, 0.5) is 10.8 Å². The standard InChI is InChI=1S/C19H24Cl2N4O3S/c1-12(2)22-17(26)6-7-25(8-9-28-3)18(27)16-11-29-19(24-16)23-15-10-13(20)4-5-14(15)21/h4-5,10-12H,6-9H2,1-3H3,(H,22,26)(H,23,24). The van der Waals surface area contributed by atoms with E-state index >= 15 is 0 Å². The first-order valence-corrected chi connectivity index (χ1v) is 10.7. The number of benzene rings is 1. The third-order valence-corrected chi connectivity index (χ3v) is 5.13. The van der Waals surface area contributed by atoms with Gasteiger partial charge in [-0.3, -0.25) is 9.59 Å². The van der Waals surface area contributed by atoms with E-state index in [0.29, 0.717) is 34.0 Å². The summed E-state index contributed by atoms with van der Waals surface area (Å²) < 4.78 is 5.09. The van der Waals surface area contributed by atoms with E-state index in [1.807, 2.05) is 13.8 Å². The second-order valence-electron chi connectivity index (χ2n) is 6.54. The van der Waals surface area contributed by atoms with Crippen LogP contribution >= 0.6 is 34.5 Å². The van der Waals surface area contributed by atoms with E-state index in [2.05, 4.69) is 15.6 Å². The molecule has 0 saturated carbocycles. The molecule has 2 N–H and O–H groups in total. The molecular weight excluding hydrogens is 435 g/mol. The number of anilines is 2. The largest absolute Gasteiger partial charge is 0.383 e. The molecule has 29 heavy (non-hydrogen) atoms. The molecule has 0 aliphatic heterocycles. The molecular formula is C19H24Cl2N4O3S. The number of ether oxygens (including phenoxy) is 1. The highest BCUT2D eigenvalue weighted by molar-refractivity contribution is 7.14. The van der Waals surface area contributed by atoms with Gasteiger partial charge in [0.15, 0.2) is 5.13 Å². The van der Waals surface area contributed by atoms with E-state index in [1.54, 1.807) is 35.6 Å². The molecule has 0 bridgehead atoms. The van der Waals surface area contributed by atoms with E-state index < -0.39 is 0 Å². The number of amides is 2. The monoisotopic (exact) mass is 458 g/mol. The van der Waals surface area contributed by atoms with Crippen LogP contribution < -0.4 is 10.6 Å². The summed E-state index contributed by atoms with van der Waals surface area (Å²) in [4.78, 5) is 30.7. The minimum Gasteiger partial charge on any atom is -0.383 e. The van der Waals surface area contributed by atoms with Crippen molar-refractivity contribution in [1.29, 1.82) is 0 Å². The van der Waals surface area contributed by atoms with Crippen molar-refractivity contribution in [2.45, 2.75) is 26.3 Å². The lowest BCUT2D eigenvalue weighted by atomic mass is 10.3. The Bertz CT molecular complexity index is 845. The Labute approximate surface area is 184 Å². The fourth-order valence-electron chi connectivity index (χ4n) is 2.45. The van der Waals surface area contributed by atoms with Gasteiger partial charge in [0.05, 0.1) is 17.3 Å². The van der Waals surface area contributed by atoms with Crippen LogP contribution in [0.25, 0.3) is 0 Å². The molecule has 10 heteroatoms. The van der Waals surface area contributed by atoms with Gasteiger partial charge >= 0.3 is 0 Å². The number of carbonyl (C=O) groups is 2. The van der Waals surface area contributed by atoms with Gasteiger partial charge in [-0.15, -0.1) is 11.3 Å². The Morgan fingerprint density at radius 1 is 1.28 bits per heavy atom. The molecule has 1 aromatic heterocycles. The average Bonchev–Trinajstić information content (AvgIpc) is 3.12. The number of rotatable bonds is 10. The number of carbonyl (C=O) groups excluding carboxylic acids is 2. The first kappa shape index (κ1) is 23.4. The third kappa shape index (κ3) is 7.47. The van der Waals surface area contributed by atoms with E-state index in [4.69, 9.17) is 27.9 Å². The normalized spacial score (nSPS) is 10.8. The summed E-state index contributed by atoms with van der Waals surface area (Å²) in [5.74, 6) is -0.368. The molecule has 0 spiro atoms. The minimum absolute atomic E-state index is 0.0520. The predicted molar refractivity (Wildman–Crippen MR) is 118 cm³/mol. The van der Waals surface area contributed by atoms with Crippen molar-refractivity contribution < 1.29 is 14.3 Å². The van der Waals surface area contributed by atoms with Crippen molar-refractivity contribution in [3.05, 3.63) is 39.3 Å². The van der Waals surface area contributed by atoms with Crippen LogP contribution in [0.3, 0.4) is 0 Å². The number of hydrogen-bond acceptors (Lipinski definition) is 6. The molecule has 0 fully saturated rings. The van der Waals surface area contributed by atoms with Crippen LogP contribution in [-0.4, -0.2) is 54.5 Å². The van der Waals surface area contributed by atoms with Gasteiger partial charge < -0.3 is 20.3 Å². The summed E-state index contributed by atoms with van der Waals surface area (Å²) in [6.07, 6.45) is 0.209. The lowest BCUT2D eigenvalue weighted by molar-refractivity contribution is -0.121. The molecule has 7 nitrogen and oxygen atoms in total. The quantitative estimate of drug-likeness (QED) is 0.557. The molecule has 0 saturated heterocycles. The summed E-state index contributed by atoms with van der Waals surface area (Å²) in [6, 6.07) is 5.11. The van der Waals surface area contributed by atoms with Gasteiger partial charge in [-0.05, 0) is 32.0 Å². The molecule has 1 heterocycles. The maximum atomic E-state index is 12.9. The molecule has 2 amide bonds. The zero-order valence-electron chi connectivity index (χ0n) is 16.5. The Morgan fingerprint density at radius 3 is 2.72 bits per heavy atom. The van der Waals surface area contributed by atoms with Crippen molar-refractivity contribution in [3.8, 4) is 0 Å².